The van der Waals surface area contributed by atoms with E-state index in [1.807, 2.05) is 30.3 Å². The van der Waals surface area contributed by atoms with E-state index in [0.717, 1.165) is 5.69 Å². The molecule has 0 radical (unpaired) electrons. The number of anilines is 1. The summed E-state index contributed by atoms with van der Waals surface area (Å²) in [4.78, 5) is 32.5. The van der Waals surface area contributed by atoms with E-state index in [-0.39, 0.29) is 17.2 Å². The second kappa shape index (κ2) is 6.89. The van der Waals surface area contributed by atoms with Gasteiger partial charge in [0.05, 0.1) is 12.0 Å². The number of rotatable bonds is 5. The maximum absolute atomic E-state index is 12.2. The topological polar surface area (TPSA) is 105 Å². The molecule has 4 aromatic rings. The lowest BCUT2D eigenvalue weighted by molar-refractivity contribution is -0.113. The summed E-state index contributed by atoms with van der Waals surface area (Å²) in [6.45, 7) is 0. The number of aromatic amines is 1. The van der Waals surface area contributed by atoms with Crippen molar-refractivity contribution < 1.29 is 9.21 Å². The number of carbonyl (C=O) groups excluding carboxylic acids is 1. The molecule has 0 bridgehead atoms. The van der Waals surface area contributed by atoms with E-state index in [4.69, 9.17) is 4.42 Å². The van der Waals surface area contributed by atoms with Gasteiger partial charge in [-0.25, -0.2) is 9.50 Å². The van der Waals surface area contributed by atoms with Crippen molar-refractivity contribution in [2.24, 2.45) is 0 Å². The van der Waals surface area contributed by atoms with Crippen LogP contribution in [-0.2, 0) is 4.79 Å². The molecule has 0 saturated carbocycles. The summed E-state index contributed by atoms with van der Waals surface area (Å²) in [6, 6.07) is 14.0. The van der Waals surface area contributed by atoms with Gasteiger partial charge in [0.1, 0.15) is 0 Å². The molecule has 0 aliphatic heterocycles. The minimum atomic E-state index is -0.300. The van der Waals surface area contributed by atoms with Gasteiger partial charge >= 0.3 is 0 Å². The fourth-order valence-electron chi connectivity index (χ4n) is 2.35. The Labute approximate surface area is 151 Å². The molecule has 130 valence electrons. The molecule has 26 heavy (non-hydrogen) atoms. The number of nitrogens with zero attached hydrogens (tertiary/aromatic N) is 3. The van der Waals surface area contributed by atoms with Gasteiger partial charge in [-0.3, -0.25) is 14.7 Å². The summed E-state index contributed by atoms with van der Waals surface area (Å²) in [6.07, 6.45) is 1.52. The number of nitrogens with one attached hydrogen (secondary N) is 2. The summed E-state index contributed by atoms with van der Waals surface area (Å²) < 4.78 is 6.78. The largest absolute Gasteiger partial charge is 0.461 e. The standard InChI is InChI=1S/C17H13N5O3S/c23-14-9-13-19-16(12-7-4-8-25-12)20-17(22(13)21-14)26-10-15(24)18-11-5-2-1-3-6-11/h1-9H,10H2,(H,18,24)(H,21,23). The van der Waals surface area contributed by atoms with Gasteiger partial charge in [-0.05, 0) is 24.3 Å². The number of fused-ring (bicyclic) bond motifs is 1. The van der Waals surface area contributed by atoms with Crippen LogP contribution in [0.2, 0.25) is 0 Å². The van der Waals surface area contributed by atoms with E-state index in [9.17, 15) is 9.59 Å². The number of H-pyrrole nitrogens is 1. The Balaban J connectivity index is 1.59. The molecule has 1 amide bonds. The Morgan fingerprint density at radius 3 is 2.81 bits per heavy atom. The van der Waals surface area contributed by atoms with Crippen molar-refractivity contribution in [3.05, 3.63) is 65.1 Å². The normalized spacial score (nSPS) is 10.9. The fourth-order valence-corrected chi connectivity index (χ4v) is 3.10. The monoisotopic (exact) mass is 367 g/mol. The first-order valence-corrected chi connectivity index (χ1v) is 8.69. The van der Waals surface area contributed by atoms with Gasteiger partial charge in [-0.1, -0.05) is 30.0 Å². The highest BCUT2D eigenvalue weighted by molar-refractivity contribution is 7.99. The van der Waals surface area contributed by atoms with Crippen molar-refractivity contribution in [2.75, 3.05) is 11.1 Å². The van der Waals surface area contributed by atoms with Gasteiger partial charge in [-0.15, -0.1) is 0 Å². The van der Waals surface area contributed by atoms with E-state index in [2.05, 4.69) is 20.4 Å². The molecule has 0 fully saturated rings. The molecule has 0 aliphatic carbocycles. The van der Waals surface area contributed by atoms with Gasteiger partial charge in [0.2, 0.25) is 5.91 Å². The summed E-state index contributed by atoms with van der Waals surface area (Å²) in [7, 11) is 0. The van der Waals surface area contributed by atoms with Crippen molar-refractivity contribution in [1.29, 1.82) is 0 Å². The van der Waals surface area contributed by atoms with E-state index >= 15 is 0 Å². The van der Waals surface area contributed by atoms with E-state index in [1.165, 1.54) is 28.6 Å². The second-order valence-electron chi connectivity index (χ2n) is 5.32. The predicted octanol–water partition coefficient (Wildman–Crippen LogP) is 2.41. The molecule has 4 rings (SSSR count). The van der Waals surface area contributed by atoms with Gasteiger partial charge in [-0.2, -0.15) is 4.98 Å². The van der Waals surface area contributed by atoms with Crippen LogP contribution in [0.3, 0.4) is 0 Å². The van der Waals surface area contributed by atoms with Gasteiger partial charge < -0.3 is 9.73 Å². The van der Waals surface area contributed by atoms with E-state index < -0.39 is 0 Å². The van der Waals surface area contributed by atoms with Crippen LogP contribution < -0.4 is 10.9 Å². The highest BCUT2D eigenvalue weighted by atomic mass is 32.2. The summed E-state index contributed by atoms with van der Waals surface area (Å²) in [5.41, 5.74) is 0.824. The number of benzene rings is 1. The van der Waals surface area contributed by atoms with Crippen molar-refractivity contribution in [3.63, 3.8) is 0 Å². The lowest BCUT2D eigenvalue weighted by Gasteiger charge is -2.07. The first kappa shape index (κ1) is 16.2. The zero-order valence-electron chi connectivity index (χ0n) is 13.4. The molecule has 0 aliphatic rings. The van der Waals surface area contributed by atoms with Crippen molar-refractivity contribution in [3.8, 4) is 11.6 Å². The molecule has 0 spiro atoms. The van der Waals surface area contributed by atoms with Crippen LogP contribution in [0.25, 0.3) is 17.2 Å². The third-order valence-corrected chi connectivity index (χ3v) is 4.39. The predicted molar refractivity (Wildman–Crippen MR) is 97.1 cm³/mol. The Hall–Kier alpha value is -3.33. The first-order chi connectivity index (χ1) is 12.7. The van der Waals surface area contributed by atoms with Crippen LogP contribution in [0.5, 0.6) is 0 Å². The molecule has 0 unspecified atom stereocenters. The summed E-state index contributed by atoms with van der Waals surface area (Å²) >= 11 is 1.19. The number of thioether (sulfide) groups is 1. The van der Waals surface area contributed by atoms with Crippen LogP contribution in [0.4, 0.5) is 5.69 Å². The molecular formula is C17H13N5O3S. The minimum Gasteiger partial charge on any atom is -0.461 e. The molecule has 1 aromatic carbocycles. The van der Waals surface area contributed by atoms with E-state index in [1.54, 1.807) is 12.1 Å². The van der Waals surface area contributed by atoms with Gasteiger partial charge in [0, 0.05) is 11.8 Å². The van der Waals surface area contributed by atoms with Gasteiger partial charge in [0.25, 0.3) is 5.56 Å². The highest BCUT2D eigenvalue weighted by Crippen LogP contribution is 2.21. The quantitative estimate of drug-likeness (QED) is 0.525. The van der Waals surface area contributed by atoms with Gasteiger partial charge in [0.15, 0.2) is 22.4 Å². The Kier molecular flexibility index (Phi) is 4.28. The summed E-state index contributed by atoms with van der Waals surface area (Å²) in [5.74, 6) is 0.775. The zero-order valence-corrected chi connectivity index (χ0v) is 14.2. The first-order valence-electron chi connectivity index (χ1n) is 7.70. The Bertz CT molecular complexity index is 1100. The number of amides is 1. The molecule has 3 heterocycles. The fraction of sp³-hybridized carbons (Fsp3) is 0.0588. The maximum Gasteiger partial charge on any atom is 0.266 e. The molecular weight excluding hydrogens is 354 g/mol. The minimum absolute atomic E-state index is 0.124. The smallest absolute Gasteiger partial charge is 0.266 e. The average molecular weight is 367 g/mol. The summed E-state index contributed by atoms with van der Waals surface area (Å²) in [5, 5.41) is 5.87. The van der Waals surface area contributed by atoms with E-state index in [0.29, 0.717) is 22.4 Å². The molecule has 3 aromatic heterocycles. The van der Waals surface area contributed by atoms with Crippen LogP contribution in [0.1, 0.15) is 0 Å². The molecule has 9 heteroatoms. The lowest BCUT2D eigenvalue weighted by atomic mass is 10.3. The van der Waals surface area contributed by atoms with Crippen LogP contribution >= 0.6 is 11.8 Å². The van der Waals surface area contributed by atoms with Crippen molar-refractivity contribution >= 4 is 29.0 Å². The highest BCUT2D eigenvalue weighted by Gasteiger charge is 2.14. The number of aromatic nitrogens is 4. The van der Waals surface area contributed by atoms with Crippen molar-refractivity contribution in [2.45, 2.75) is 5.16 Å². The Morgan fingerprint density at radius 2 is 2.04 bits per heavy atom. The number of hydrogen-bond acceptors (Lipinski definition) is 6. The Morgan fingerprint density at radius 1 is 1.19 bits per heavy atom. The molecule has 2 N–H and O–H groups in total. The van der Waals surface area contributed by atoms with Crippen LogP contribution in [0.15, 0.2) is 69.2 Å². The SMILES string of the molecule is O=C(CSc1nc(-c2ccco2)nc2cc(=O)[nH]n12)Nc1ccccc1. The third-order valence-electron chi connectivity index (χ3n) is 3.46. The zero-order chi connectivity index (χ0) is 17.9. The third kappa shape index (κ3) is 3.38. The second-order valence-corrected chi connectivity index (χ2v) is 6.27. The number of para-hydroxylation sites is 1. The lowest BCUT2D eigenvalue weighted by Crippen LogP contribution is -2.15. The number of carbonyl (C=O) groups is 1. The number of furan rings is 1. The van der Waals surface area contributed by atoms with Crippen LogP contribution in [0, 0.1) is 0 Å². The number of hydrogen-bond donors (Lipinski definition) is 2. The molecule has 8 nitrogen and oxygen atoms in total. The average Bonchev–Trinajstić information content (AvgIpc) is 3.29. The van der Waals surface area contributed by atoms with Crippen molar-refractivity contribution in [1.82, 2.24) is 19.6 Å². The molecule has 0 atom stereocenters. The van der Waals surface area contributed by atoms with Crippen LogP contribution in [-0.4, -0.2) is 31.2 Å². The molecule has 0 saturated heterocycles. The maximum atomic E-state index is 12.2.